The highest BCUT2D eigenvalue weighted by molar-refractivity contribution is 5.19. The maximum absolute atomic E-state index is 6.17. The fourth-order valence-corrected chi connectivity index (χ4v) is 2.44. The molecule has 2 rings (SSSR count). The molecule has 0 radical (unpaired) electrons. The zero-order valence-corrected chi connectivity index (χ0v) is 9.26. The van der Waals surface area contributed by atoms with Crippen molar-refractivity contribution < 1.29 is 0 Å². The van der Waals surface area contributed by atoms with Gasteiger partial charge in [0.05, 0.1) is 6.04 Å². The molecule has 15 heavy (non-hydrogen) atoms. The van der Waals surface area contributed by atoms with Crippen LogP contribution in [0.4, 0.5) is 0 Å². The minimum Gasteiger partial charge on any atom is -0.326 e. The molecule has 0 spiro atoms. The molecule has 1 aliphatic heterocycles. The van der Waals surface area contributed by atoms with Gasteiger partial charge in [-0.2, -0.15) is 0 Å². The Morgan fingerprint density at radius 3 is 2.87 bits per heavy atom. The fraction of sp³-hybridized carbons (Fsp3) is 0.583. The van der Waals surface area contributed by atoms with Gasteiger partial charge in [-0.25, -0.2) is 0 Å². The van der Waals surface area contributed by atoms with Gasteiger partial charge in [0.25, 0.3) is 0 Å². The van der Waals surface area contributed by atoms with E-state index in [-0.39, 0.29) is 6.04 Å². The molecule has 1 fully saturated rings. The first-order valence-electron chi connectivity index (χ1n) is 5.72. The number of nitrogens with two attached hydrogens (primary N) is 1. The lowest BCUT2D eigenvalue weighted by molar-refractivity contribution is 0.248. The quantitative estimate of drug-likeness (QED) is 0.814. The molecule has 0 aromatic carbocycles. The minimum atomic E-state index is 0.277. The highest BCUT2D eigenvalue weighted by Gasteiger charge is 2.31. The van der Waals surface area contributed by atoms with Crippen LogP contribution in [0.1, 0.15) is 31.4 Å². The van der Waals surface area contributed by atoms with Gasteiger partial charge in [0.1, 0.15) is 0 Å². The van der Waals surface area contributed by atoms with Crippen molar-refractivity contribution in [2.45, 2.75) is 31.8 Å². The first kappa shape index (κ1) is 10.6. The van der Waals surface area contributed by atoms with Gasteiger partial charge in [-0.1, -0.05) is 6.92 Å². The molecule has 1 aliphatic rings. The Morgan fingerprint density at radius 1 is 1.47 bits per heavy atom. The van der Waals surface area contributed by atoms with Crippen LogP contribution in [0.15, 0.2) is 24.5 Å². The van der Waals surface area contributed by atoms with Crippen molar-refractivity contribution >= 4 is 0 Å². The van der Waals surface area contributed by atoms with Crippen LogP contribution in [0.2, 0.25) is 0 Å². The third-order valence-electron chi connectivity index (χ3n) is 3.11. The molecule has 1 aromatic heterocycles. The number of aromatic nitrogens is 1. The predicted molar refractivity (Wildman–Crippen MR) is 61.4 cm³/mol. The van der Waals surface area contributed by atoms with E-state index in [9.17, 15) is 0 Å². The molecule has 0 unspecified atom stereocenters. The summed E-state index contributed by atoms with van der Waals surface area (Å²) in [5.41, 5.74) is 7.48. The van der Waals surface area contributed by atoms with Crippen molar-refractivity contribution in [3.63, 3.8) is 0 Å². The SMILES string of the molecule is CCCN1CC[C@H](N)[C@H]1c1ccncc1. The molecule has 0 saturated carbocycles. The maximum atomic E-state index is 6.17. The Balaban J connectivity index is 2.17. The third-order valence-corrected chi connectivity index (χ3v) is 3.11. The van der Waals surface area contributed by atoms with Crippen molar-refractivity contribution in [3.05, 3.63) is 30.1 Å². The Labute approximate surface area is 91.3 Å². The predicted octanol–water partition coefficient (Wildman–Crippen LogP) is 1.57. The standard InChI is InChI=1S/C12H19N3/c1-2-8-15-9-5-11(13)12(15)10-3-6-14-7-4-10/h3-4,6-7,11-12H,2,5,8-9,13H2,1H3/t11-,12+/m0/s1. The fourth-order valence-electron chi connectivity index (χ4n) is 2.44. The maximum Gasteiger partial charge on any atom is 0.0500 e. The van der Waals surface area contributed by atoms with E-state index in [1.54, 1.807) is 0 Å². The molecule has 1 saturated heterocycles. The second kappa shape index (κ2) is 4.73. The summed E-state index contributed by atoms with van der Waals surface area (Å²) >= 11 is 0. The summed E-state index contributed by atoms with van der Waals surface area (Å²) in [6, 6.07) is 4.84. The Bertz CT molecular complexity index is 297. The molecule has 82 valence electrons. The Morgan fingerprint density at radius 2 is 2.20 bits per heavy atom. The Hall–Kier alpha value is -0.930. The lowest BCUT2D eigenvalue weighted by Crippen LogP contribution is -2.32. The molecular formula is C12H19N3. The summed E-state index contributed by atoms with van der Waals surface area (Å²) in [6.07, 6.45) is 6.00. The van der Waals surface area contributed by atoms with E-state index >= 15 is 0 Å². The summed E-state index contributed by atoms with van der Waals surface area (Å²) in [5, 5.41) is 0. The highest BCUT2D eigenvalue weighted by atomic mass is 15.2. The summed E-state index contributed by atoms with van der Waals surface area (Å²) in [5.74, 6) is 0. The molecular weight excluding hydrogens is 186 g/mol. The summed E-state index contributed by atoms with van der Waals surface area (Å²) in [4.78, 5) is 6.54. The van der Waals surface area contributed by atoms with Crippen LogP contribution < -0.4 is 5.73 Å². The van der Waals surface area contributed by atoms with Gasteiger partial charge < -0.3 is 5.73 Å². The molecule has 1 aromatic rings. The molecule has 2 N–H and O–H groups in total. The van der Waals surface area contributed by atoms with Gasteiger partial charge in [-0.05, 0) is 37.1 Å². The van der Waals surface area contributed by atoms with Gasteiger partial charge in [0.15, 0.2) is 0 Å². The van der Waals surface area contributed by atoms with Crippen LogP contribution in [0.25, 0.3) is 0 Å². The van der Waals surface area contributed by atoms with E-state index < -0.39 is 0 Å². The molecule has 2 atom stereocenters. The zero-order chi connectivity index (χ0) is 10.7. The number of likely N-dealkylation sites (tertiary alicyclic amines) is 1. The number of rotatable bonds is 3. The van der Waals surface area contributed by atoms with E-state index in [1.165, 1.54) is 12.0 Å². The van der Waals surface area contributed by atoms with E-state index in [2.05, 4.69) is 28.9 Å². The normalized spacial score (nSPS) is 27.1. The van der Waals surface area contributed by atoms with E-state index in [0.717, 1.165) is 19.5 Å². The van der Waals surface area contributed by atoms with Crippen LogP contribution in [-0.2, 0) is 0 Å². The second-order valence-electron chi connectivity index (χ2n) is 4.21. The smallest absolute Gasteiger partial charge is 0.0500 e. The lowest BCUT2D eigenvalue weighted by Gasteiger charge is -2.26. The van der Waals surface area contributed by atoms with E-state index in [0.29, 0.717) is 6.04 Å². The first-order valence-corrected chi connectivity index (χ1v) is 5.72. The van der Waals surface area contributed by atoms with Crippen molar-refractivity contribution in [3.8, 4) is 0 Å². The van der Waals surface area contributed by atoms with Gasteiger partial charge in [0, 0.05) is 25.0 Å². The van der Waals surface area contributed by atoms with E-state index in [4.69, 9.17) is 5.73 Å². The van der Waals surface area contributed by atoms with Gasteiger partial charge in [0.2, 0.25) is 0 Å². The third kappa shape index (κ3) is 2.19. The molecule has 2 heterocycles. The molecule has 0 aliphatic carbocycles. The monoisotopic (exact) mass is 205 g/mol. The number of hydrogen-bond acceptors (Lipinski definition) is 3. The van der Waals surface area contributed by atoms with Gasteiger partial charge in [-0.15, -0.1) is 0 Å². The topological polar surface area (TPSA) is 42.1 Å². The molecule has 0 bridgehead atoms. The van der Waals surface area contributed by atoms with Crippen molar-refractivity contribution in [2.75, 3.05) is 13.1 Å². The average molecular weight is 205 g/mol. The summed E-state index contributed by atoms with van der Waals surface area (Å²) in [7, 11) is 0. The Kier molecular flexibility index (Phi) is 3.34. The van der Waals surface area contributed by atoms with Crippen molar-refractivity contribution in [1.29, 1.82) is 0 Å². The lowest BCUT2D eigenvalue weighted by atomic mass is 10.0. The average Bonchev–Trinajstić information content (AvgIpc) is 2.62. The number of pyridine rings is 1. The van der Waals surface area contributed by atoms with Crippen molar-refractivity contribution in [2.24, 2.45) is 5.73 Å². The largest absolute Gasteiger partial charge is 0.326 e. The molecule has 0 amide bonds. The van der Waals surface area contributed by atoms with Gasteiger partial charge in [-0.3, -0.25) is 9.88 Å². The highest BCUT2D eigenvalue weighted by Crippen LogP contribution is 2.30. The minimum absolute atomic E-state index is 0.277. The van der Waals surface area contributed by atoms with Crippen LogP contribution >= 0.6 is 0 Å². The van der Waals surface area contributed by atoms with Crippen LogP contribution in [0, 0.1) is 0 Å². The van der Waals surface area contributed by atoms with Crippen molar-refractivity contribution in [1.82, 2.24) is 9.88 Å². The molecule has 3 nitrogen and oxygen atoms in total. The van der Waals surface area contributed by atoms with E-state index in [1.807, 2.05) is 12.4 Å². The summed E-state index contributed by atoms with van der Waals surface area (Å²) < 4.78 is 0. The molecule has 3 heteroatoms. The van der Waals surface area contributed by atoms with Crippen LogP contribution in [0.3, 0.4) is 0 Å². The number of hydrogen-bond donors (Lipinski definition) is 1. The second-order valence-corrected chi connectivity index (χ2v) is 4.21. The summed E-state index contributed by atoms with van der Waals surface area (Å²) in [6.45, 7) is 4.48. The van der Waals surface area contributed by atoms with Crippen LogP contribution in [0.5, 0.6) is 0 Å². The number of nitrogens with zero attached hydrogens (tertiary/aromatic N) is 2. The zero-order valence-electron chi connectivity index (χ0n) is 9.26. The van der Waals surface area contributed by atoms with Gasteiger partial charge >= 0.3 is 0 Å². The first-order chi connectivity index (χ1) is 7.33. The van der Waals surface area contributed by atoms with Crippen LogP contribution in [-0.4, -0.2) is 29.0 Å².